The molecule has 0 aliphatic carbocycles. The fourth-order valence-electron chi connectivity index (χ4n) is 1.02. The third-order valence-corrected chi connectivity index (χ3v) is 2.79. The third kappa shape index (κ3) is 3.45. The van der Waals surface area contributed by atoms with Crippen LogP contribution in [0.5, 0.6) is 0 Å². The number of rotatable bonds is 4. The molecule has 0 saturated carbocycles. The van der Waals surface area contributed by atoms with E-state index in [9.17, 15) is 17.2 Å². The second-order valence-electron chi connectivity index (χ2n) is 2.85. The van der Waals surface area contributed by atoms with Crippen molar-refractivity contribution in [1.29, 1.82) is 0 Å². The first kappa shape index (κ1) is 11.8. The summed E-state index contributed by atoms with van der Waals surface area (Å²) in [5, 5.41) is 2.95. The molecule has 0 radical (unpaired) electrons. The number of halogens is 2. The minimum atomic E-state index is -4.49. The van der Waals surface area contributed by atoms with Crippen LogP contribution in [0.2, 0.25) is 0 Å². The first-order valence-electron chi connectivity index (χ1n) is 4.11. The molecule has 0 aromatic heterocycles. The zero-order valence-corrected chi connectivity index (χ0v) is 8.19. The van der Waals surface area contributed by atoms with Gasteiger partial charge in [-0.2, -0.15) is 8.78 Å². The van der Waals surface area contributed by atoms with Crippen LogP contribution < -0.4 is 10.0 Å². The van der Waals surface area contributed by atoms with Gasteiger partial charge in [0.1, 0.15) is 0 Å². The van der Waals surface area contributed by atoms with E-state index in [1.807, 2.05) is 0 Å². The van der Waals surface area contributed by atoms with Gasteiger partial charge in [0, 0.05) is 19.6 Å². The first-order chi connectivity index (χ1) is 6.52. The third-order valence-electron chi connectivity index (χ3n) is 1.75. The van der Waals surface area contributed by atoms with Crippen LogP contribution in [-0.4, -0.2) is 46.5 Å². The van der Waals surface area contributed by atoms with Gasteiger partial charge < -0.3 is 10.1 Å². The molecule has 8 heteroatoms. The highest BCUT2D eigenvalue weighted by molar-refractivity contribution is 7.89. The molecule has 1 atom stereocenters. The van der Waals surface area contributed by atoms with Crippen LogP contribution in [0.3, 0.4) is 0 Å². The fraction of sp³-hybridized carbons (Fsp3) is 1.00. The molecule has 1 unspecified atom stereocenters. The summed E-state index contributed by atoms with van der Waals surface area (Å²) in [6, 6.07) is 0. The SMILES string of the molecule is O=S(=O)(NCC1CNCCO1)C(F)F. The molecule has 0 spiro atoms. The Labute approximate surface area is 80.9 Å². The van der Waals surface area contributed by atoms with Crippen molar-refractivity contribution in [3.63, 3.8) is 0 Å². The molecule has 1 heterocycles. The maximum Gasteiger partial charge on any atom is 0.350 e. The van der Waals surface area contributed by atoms with E-state index in [1.165, 1.54) is 0 Å². The normalized spacial score (nSPS) is 24.1. The molecule has 14 heavy (non-hydrogen) atoms. The van der Waals surface area contributed by atoms with E-state index in [2.05, 4.69) is 5.32 Å². The molecule has 2 N–H and O–H groups in total. The van der Waals surface area contributed by atoms with Crippen LogP contribution in [0.15, 0.2) is 0 Å². The van der Waals surface area contributed by atoms with Crippen molar-refractivity contribution >= 4 is 10.0 Å². The van der Waals surface area contributed by atoms with Crippen molar-refractivity contribution in [2.45, 2.75) is 11.9 Å². The van der Waals surface area contributed by atoms with E-state index in [1.54, 1.807) is 4.72 Å². The molecule has 1 aliphatic rings. The Morgan fingerprint density at radius 3 is 2.79 bits per heavy atom. The summed E-state index contributed by atoms with van der Waals surface area (Å²) in [7, 11) is -4.49. The lowest BCUT2D eigenvalue weighted by atomic mass is 10.3. The Morgan fingerprint density at radius 1 is 1.57 bits per heavy atom. The van der Waals surface area contributed by atoms with Gasteiger partial charge in [0.15, 0.2) is 0 Å². The van der Waals surface area contributed by atoms with Gasteiger partial charge in [0.2, 0.25) is 0 Å². The minimum absolute atomic E-state index is 0.125. The highest BCUT2D eigenvalue weighted by Crippen LogP contribution is 2.02. The predicted octanol–water partition coefficient (Wildman–Crippen LogP) is -0.883. The molecule has 1 aliphatic heterocycles. The minimum Gasteiger partial charge on any atom is -0.374 e. The van der Waals surface area contributed by atoms with E-state index < -0.39 is 15.8 Å². The molecule has 0 bridgehead atoms. The Hall–Kier alpha value is -0.310. The predicted molar refractivity (Wildman–Crippen MR) is 45.5 cm³/mol. The van der Waals surface area contributed by atoms with Crippen LogP contribution in [0, 0.1) is 0 Å². The van der Waals surface area contributed by atoms with Crippen molar-refractivity contribution in [2.24, 2.45) is 0 Å². The number of nitrogens with one attached hydrogen (secondary N) is 2. The van der Waals surface area contributed by atoms with Gasteiger partial charge >= 0.3 is 5.76 Å². The zero-order chi connectivity index (χ0) is 10.6. The molecule has 0 aromatic rings. The quantitative estimate of drug-likeness (QED) is 0.658. The van der Waals surface area contributed by atoms with Gasteiger partial charge in [-0.15, -0.1) is 0 Å². The smallest absolute Gasteiger partial charge is 0.350 e. The van der Waals surface area contributed by atoms with E-state index >= 15 is 0 Å². The van der Waals surface area contributed by atoms with Crippen LogP contribution in [0.25, 0.3) is 0 Å². The van der Waals surface area contributed by atoms with Gasteiger partial charge in [0.05, 0.1) is 12.7 Å². The average molecular weight is 230 g/mol. The first-order valence-corrected chi connectivity index (χ1v) is 5.66. The summed E-state index contributed by atoms with van der Waals surface area (Å²) >= 11 is 0. The molecule has 84 valence electrons. The zero-order valence-electron chi connectivity index (χ0n) is 7.37. The standard InChI is InChI=1S/C6H12F2N2O3S/c7-6(8)14(11,12)10-4-5-3-9-1-2-13-5/h5-6,9-10H,1-4H2. The summed E-state index contributed by atoms with van der Waals surface area (Å²) in [5.41, 5.74) is 0. The van der Waals surface area contributed by atoms with Crippen molar-refractivity contribution in [1.82, 2.24) is 10.0 Å². The molecular formula is C6H12F2N2O3S. The van der Waals surface area contributed by atoms with E-state index in [4.69, 9.17) is 4.74 Å². The van der Waals surface area contributed by atoms with Gasteiger partial charge in [-0.05, 0) is 0 Å². The maximum absolute atomic E-state index is 11.9. The molecule has 5 nitrogen and oxygen atoms in total. The largest absolute Gasteiger partial charge is 0.374 e. The van der Waals surface area contributed by atoms with Crippen LogP contribution in [0.4, 0.5) is 8.78 Å². The summed E-state index contributed by atoms with van der Waals surface area (Å²) < 4.78 is 51.9. The summed E-state index contributed by atoms with van der Waals surface area (Å²) in [6.07, 6.45) is -0.378. The molecular weight excluding hydrogens is 218 g/mol. The molecule has 1 rings (SSSR count). The molecule has 0 aromatic carbocycles. The number of sulfonamides is 1. The molecule has 1 fully saturated rings. The van der Waals surface area contributed by atoms with Crippen molar-refractivity contribution in [3.8, 4) is 0 Å². The lowest BCUT2D eigenvalue weighted by Gasteiger charge is -2.23. The molecule has 1 saturated heterocycles. The fourth-order valence-corrected chi connectivity index (χ4v) is 1.57. The highest BCUT2D eigenvalue weighted by Gasteiger charge is 2.25. The monoisotopic (exact) mass is 230 g/mol. The highest BCUT2D eigenvalue weighted by atomic mass is 32.2. The maximum atomic E-state index is 11.9. The lowest BCUT2D eigenvalue weighted by Crippen LogP contribution is -2.46. The Kier molecular flexibility index (Phi) is 4.17. The van der Waals surface area contributed by atoms with Crippen molar-refractivity contribution < 1.29 is 21.9 Å². The van der Waals surface area contributed by atoms with Crippen LogP contribution in [-0.2, 0) is 14.8 Å². The molecule has 0 amide bonds. The summed E-state index contributed by atoms with van der Waals surface area (Å²) in [6.45, 7) is 1.49. The van der Waals surface area contributed by atoms with Gasteiger partial charge in [0.25, 0.3) is 10.0 Å². The summed E-state index contributed by atoms with van der Waals surface area (Å²) in [5.74, 6) is -3.39. The van der Waals surface area contributed by atoms with Crippen LogP contribution >= 0.6 is 0 Å². The van der Waals surface area contributed by atoms with E-state index in [0.717, 1.165) is 0 Å². The average Bonchev–Trinajstić information content (AvgIpc) is 2.16. The number of hydrogen-bond donors (Lipinski definition) is 2. The number of ether oxygens (including phenoxy) is 1. The number of alkyl halides is 2. The van der Waals surface area contributed by atoms with Crippen LogP contribution in [0.1, 0.15) is 0 Å². The van der Waals surface area contributed by atoms with Gasteiger partial charge in [-0.1, -0.05) is 0 Å². The Bertz CT molecular complexity index is 264. The van der Waals surface area contributed by atoms with E-state index in [0.29, 0.717) is 19.7 Å². The number of morpholine rings is 1. The van der Waals surface area contributed by atoms with E-state index in [-0.39, 0.29) is 12.6 Å². The Balaban J connectivity index is 2.32. The second kappa shape index (κ2) is 4.96. The topological polar surface area (TPSA) is 67.4 Å². The lowest BCUT2D eigenvalue weighted by molar-refractivity contribution is 0.0321. The van der Waals surface area contributed by atoms with Crippen molar-refractivity contribution in [3.05, 3.63) is 0 Å². The van der Waals surface area contributed by atoms with Gasteiger partial charge in [-0.25, -0.2) is 13.1 Å². The number of hydrogen-bond acceptors (Lipinski definition) is 4. The Morgan fingerprint density at radius 2 is 2.29 bits per heavy atom. The second-order valence-corrected chi connectivity index (χ2v) is 4.59. The van der Waals surface area contributed by atoms with Crippen molar-refractivity contribution in [2.75, 3.05) is 26.2 Å². The van der Waals surface area contributed by atoms with Gasteiger partial charge in [-0.3, -0.25) is 0 Å². The summed E-state index contributed by atoms with van der Waals surface area (Å²) in [4.78, 5) is 0.